The highest BCUT2D eigenvalue weighted by atomic mass is 127. The Hall–Kier alpha value is 0.590. The van der Waals surface area contributed by atoms with Gasteiger partial charge in [0, 0.05) is 0 Å². The minimum Gasteiger partial charge on any atom is -0.506 e. The molecule has 0 saturated heterocycles. The van der Waals surface area contributed by atoms with Crippen LogP contribution < -0.4 is 10.5 Å². The molecule has 0 fully saturated rings. The quantitative estimate of drug-likeness (QED) is 0.439. The minimum absolute atomic E-state index is 0.261. The number of nitrogens with two attached hydrogens (primary N) is 1. The molecule has 1 radical (unpaired) electrons. The van der Waals surface area contributed by atoms with E-state index >= 15 is 0 Å². The number of benzene rings is 2. The molecule has 2 rings (SSSR count). The summed E-state index contributed by atoms with van der Waals surface area (Å²) in [6, 6.07) is 6.86. The molecule has 3 N–H and O–H groups in total. The van der Waals surface area contributed by atoms with E-state index in [2.05, 4.69) is 90.4 Å². The fraction of sp³-hybridized carbons (Fsp3) is 0.133. The highest BCUT2D eigenvalue weighted by molar-refractivity contribution is 14.1. The molecule has 0 aromatic heterocycles. The predicted octanol–water partition coefficient (Wildman–Crippen LogP) is 4.58. The first-order valence-corrected chi connectivity index (χ1v) is 10.6. The van der Waals surface area contributed by atoms with E-state index in [1.807, 2.05) is 12.1 Å². The molecule has 121 valence electrons. The highest BCUT2D eigenvalue weighted by Crippen LogP contribution is 2.36. The van der Waals surface area contributed by atoms with E-state index in [4.69, 9.17) is 10.5 Å². The molecule has 4 nitrogen and oxygen atoms in total. The lowest BCUT2D eigenvalue weighted by atomic mass is 10.1. The molecule has 0 aliphatic carbocycles. The van der Waals surface area contributed by atoms with Crippen molar-refractivity contribution in [2.24, 2.45) is 5.73 Å². The lowest BCUT2D eigenvalue weighted by Gasteiger charge is -2.14. The van der Waals surface area contributed by atoms with Gasteiger partial charge in [0.2, 0.25) is 6.29 Å². The lowest BCUT2D eigenvalue weighted by molar-refractivity contribution is 0.455. The molecule has 2 aromatic carbocycles. The molecule has 23 heavy (non-hydrogen) atoms. The van der Waals surface area contributed by atoms with Crippen LogP contribution in [0.5, 0.6) is 17.2 Å². The summed E-state index contributed by atoms with van der Waals surface area (Å²) in [5, 5.41) is 9.83. The largest absolute Gasteiger partial charge is 0.506 e. The van der Waals surface area contributed by atoms with Crippen LogP contribution in [0.2, 0.25) is 0 Å². The number of phenols is 1. The van der Waals surface area contributed by atoms with E-state index in [9.17, 15) is 9.90 Å². The van der Waals surface area contributed by atoms with Crippen LogP contribution in [0.4, 0.5) is 0 Å². The molecule has 1 atom stereocenters. The summed E-state index contributed by atoms with van der Waals surface area (Å²) in [5.41, 5.74) is 6.60. The molecule has 0 aliphatic heterocycles. The average molecular weight is 760 g/mol. The number of phenolic OH excluding ortho intramolecular Hbond substituents is 1. The number of ether oxygens (including phenoxy) is 1. The van der Waals surface area contributed by atoms with Crippen molar-refractivity contribution in [2.45, 2.75) is 12.5 Å². The molecule has 0 spiro atoms. The van der Waals surface area contributed by atoms with Gasteiger partial charge in [0.15, 0.2) is 5.75 Å². The molecule has 0 saturated carbocycles. The molecule has 0 bridgehead atoms. The van der Waals surface area contributed by atoms with Gasteiger partial charge in [-0.25, -0.2) is 0 Å². The maximum absolute atomic E-state index is 10.6. The standard InChI is InChI=1S/C15H10I4NO3/c16-10-4-9(5-11(17)14(10)22)23-15-12(18)2-7(3-13(15)19)1-8(20)6-21/h2-5,8,22H,1,20H2. The van der Waals surface area contributed by atoms with Crippen LogP contribution in [-0.4, -0.2) is 17.4 Å². The van der Waals surface area contributed by atoms with E-state index < -0.39 is 6.04 Å². The zero-order valence-electron chi connectivity index (χ0n) is 11.4. The predicted molar refractivity (Wildman–Crippen MR) is 123 cm³/mol. The van der Waals surface area contributed by atoms with Crippen molar-refractivity contribution in [2.75, 3.05) is 0 Å². The first-order chi connectivity index (χ1) is 10.8. The molecule has 0 aliphatic rings. The Morgan fingerprint density at radius 2 is 1.57 bits per heavy atom. The smallest absolute Gasteiger partial charge is 0.217 e. The number of carbonyl (C=O) groups excluding carboxylic acids is 1. The lowest BCUT2D eigenvalue weighted by Crippen LogP contribution is -2.24. The highest BCUT2D eigenvalue weighted by Gasteiger charge is 2.14. The van der Waals surface area contributed by atoms with Crippen LogP contribution in [0.3, 0.4) is 0 Å². The molecule has 8 heteroatoms. The van der Waals surface area contributed by atoms with Gasteiger partial charge in [0.25, 0.3) is 0 Å². The monoisotopic (exact) mass is 760 g/mol. The summed E-state index contributed by atoms with van der Waals surface area (Å²) in [6.45, 7) is 0. The van der Waals surface area contributed by atoms with Crippen LogP contribution in [0.15, 0.2) is 24.3 Å². The van der Waals surface area contributed by atoms with Crippen molar-refractivity contribution in [3.8, 4) is 17.2 Å². The topological polar surface area (TPSA) is 72.6 Å². The van der Waals surface area contributed by atoms with E-state index in [-0.39, 0.29) is 5.75 Å². The van der Waals surface area contributed by atoms with Gasteiger partial charge < -0.3 is 15.6 Å². The normalized spacial score (nSPS) is 12.0. The van der Waals surface area contributed by atoms with Crippen molar-refractivity contribution in [1.29, 1.82) is 0 Å². The summed E-state index contributed by atoms with van der Waals surface area (Å²) >= 11 is 8.54. The van der Waals surface area contributed by atoms with Crippen LogP contribution in [0, 0.1) is 14.3 Å². The second-order valence-corrected chi connectivity index (χ2v) is 9.30. The van der Waals surface area contributed by atoms with E-state index in [0.717, 1.165) is 25.6 Å². The van der Waals surface area contributed by atoms with E-state index in [1.54, 1.807) is 18.4 Å². The summed E-state index contributed by atoms with van der Waals surface area (Å²) in [4.78, 5) is 10.6. The third kappa shape index (κ3) is 5.28. The Morgan fingerprint density at radius 1 is 1.04 bits per heavy atom. The van der Waals surface area contributed by atoms with E-state index in [1.165, 1.54) is 0 Å². The van der Waals surface area contributed by atoms with Gasteiger partial charge in [-0.2, -0.15) is 0 Å². The number of rotatable bonds is 5. The van der Waals surface area contributed by atoms with Crippen LogP contribution >= 0.6 is 90.4 Å². The van der Waals surface area contributed by atoms with Gasteiger partial charge in [-0.1, -0.05) is 0 Å². The van der Waals surface area contributed by atoms with Gasteiger partial charge in [0.05, 0.1) is 20.3 Å². The van der Waals surface area contributed by atoms with Crippen molar-refractivity contribution in [1.82, 2.24) is 0 Å². The number of hydrogen-bond donors (Lipinski definition) is 2. The molecular formula is C15H10I4NO3. The zero-order valence-corrected chi connectivity index (χ0v) is 20.1. The summed E-state index contributed by atoms with van der Waals surface area (Å²) in [5.74, 6) is 1.67. The third-order valence-corrected chi connectivity index (χ3v) is 6.12. The molecule has 1 unspecified atom stereocenters. The molecule has 0 amide bonds. The Morgan fingerprint density at radius 3 is 2.04 bits per heavy atom. The number of hydrogen-bond acceptors (Lipinski definition) is 4. The van der Waals surface area contributed by atoms with Gasteiger partial charge in [-0.15, -0.1) is 0 Å². The fourth-order valence-electron chi connectivity index (χ4n) is 1.84. The van der Waals surface area contributed by atoms with Crippen molar-refractivity contribution in [3.63, 3.8) is 0 Å². The SMILES string of the molecule is NC([C]=O)Cc1cc(I)c(Oc2cc(I)c(O)c(I)c2)c(I)c1. The van der Waals surface area contributed by atoms with Crippen molar-refractivity contribution >= 4 is 96.6 Å². The Bertz CT molecular complexity index is 705. The van der Waals surface area contributed by atoms with Crippen LogP contribution in [0.1, 0.15) is 5.56 Å². The zero-order chi connectivity index (χ0) is 17.1. The minimum atomic E-state index is -0.617. The summed E-state index contributed by atoms with van der Waals surface area (Å²) in [7, 11) is 0. The number of halogens is 4. The fourth-order valence-corrected chi connectivity index (χ4v) is 5.67. The van der Waals surface area contributed by atoms with Crippen LogP contribution in [-0.2, 0) is 11.2 Å². The first kappa shape index (κ1) is 19.9. The van der Waals surface area contributed by atoms with Crippen molar-refractivity contribution < 1.29 is 14.6 Å². The Kier molecular flexibility index (Phi) is 7.62. The summed E-state index contributed by atoms with van der Waals surface area (Å²) in [6.07, 6.45) is 2.24. The second kappa shape index (κ2) is 8.80. The van der Waals surface area contributed by atoms with Gasteiger partial charge >= 0.3 is 0 Å². The Labute approximate surface area is 188 Å². The molecule has 0 heterocycles. The molecule has 2 aromatic rings. The van der Waals surface area contributed by atoms with Gasteiger partial charge in [-0.3, -0.25) is 4.79 Å². The first-order valence-electron chi connectivity index (χ1n) is 6.29. The summed E-state index contributed by atoms with van der Waals surface area (Å²) < 4.78 is 9.33. The Balaban J connectivity index is 2.32. The average Bonchev–Trinajstić information content (AvgIpc) is 2.48. The maximum atomic E-state index is 10.6. The number of aromatic hydroxyl groups is 1. The maximum Gasteiger partial charge on any atom is 0.217 e. The van der Waals surface area contributed by atoms with Crippen molar-refractivity contribution in [3.05, 3.63) is 44.1 Å². The van der Waals surface area contributed by atoms with Gasteiger partial charge in [0.1, 0.15) is 11.5 Å². The second-order valence-electron chi connectivity index (χ2n) is 4.65. The van der Waals surface area contributed by atoms with Gasteiger partial charge in [-0.05, 0) is 127 Å². The third-order valence-electron chi connectivity index (χ3n) is 2.88. The van der Waals surface area contributed by atoms with E-state index in [0.29, 0.717) is 12.2 Å². The molecular weight excluding hydrogens is 750 g/mol. The van der Waals surface area contributed by atoms with Crippen LogP contribution in [0.25, 0.3) is 0 Å².